The first-order valence-electron chi connectivity index (χ1n) is 18.6. The number of hydrogen-bond acceptors (Lipinski definition) is 0. The highest BCUT2D eigenvalue weighted by Crippen LogP contribution is 2.40. The van der Waals surface area contributed by atoms with E-state index in [-0.39, 0.29) is 10.8 Å². The van der Waals surface area contributed by atoms with Crippen molar-refractivity contribution in [3.05, 3.63) is 166 Å². The van der Waals surface area contributed by atoms with Gasteiger partial charge in [0, 0.05) is 41.9 Å². The summed E-state index contributed by atoms with van der Waals surface area (Å²) in [7, 11) is 0. The molecule has 0 N–H and O–H groups in total. The first-order chi connectivity index (χ1) is 25.8. The number of nitrogens with zero attached hydrogens (tertiary/aromatic N) is 2. The third kappa shape index (κ3) is 6.01. The van der Waals surface area contributed by atoms with Crippen LogP contribution in [0.5, 0.6) is 0 Å². The third-order valence-corrected chi connectivity index (χ3v) is 11.9. The average molecular weight is 831 g/mol. The Bertz CT molecular complexity index is 2730. The summed E-state index contributed by atoms with van der Waals surface area (Å²) in [6, 6.07) is 54.1. The van der Waals surface area contributed by atoms with Crippen molar-refractivity contribution in [1.82, 2.24) is 9.13 Å². The molecule has 0 aliphatic heterocycles. The molecule has 0 aliphatic carbocycles. The molecule has 54 heavy (non-hydrogen) atoms. The summed E-state index contributed by atoms with van der Waals surface area (Å²) in [5, 5.41) is 5.06. The van der Waals surface area contributed by atoms with E-state index in [1.165, 1.54) is 77.0 Å². The maximum absolute atomic E-state index is 3.75. The zero-order chi connectivity index (χ0) is 37.5. The second kappa shape index (κ2) is 12.9. The van der Waals surface area contributed by atoms with Crippen LogP contribution in [0.25, 0.3) is 77.2 Å². The molecule has 9 rings (SSSR count). The highest BCUT2D eigenvalue weighted by molar-refractivity contribution is 9.10. The normalized spacial score (nSPS) is 12.4. The molecule has 0 amide bonds. The van der Waals surface area contributed by atoms with Gasteiger partial charge in [0.05, 0.1) is 22.1 Å². The number of benzene rings is 7. The lowest BCUT2D eigenvalue weighted by Crippen LogP contribution is -2.10. The van der Waals surface area contributed by atoms with E-state index in [4.69, 9.17) is 0 Å². The predicted molar refractivity (Wildman–Crippen MR) is 239 cm³/mol. The van der Waals surface area contributed by atoms with Crippen LogP contribution in [0.15, 0.2) is 155 Å². The van der Waals surface area contributed by atoms with Gasteiger partial charge in [-0.2, -0.15) is 0 Å². The van der Waals surface area contributed by atoms with Crippen molar-refractivity contribution < 1.29 is 0 Å². The van der Waals surface area contributed by atoms with E-state index in [0.29, 0.717) is 0 Å². The van der Waals surface area contributed by atoms with Crippen LogP contribution in [0.1, 0.15) is 52.7 Å². The molecule has 0 bridgehead atoms. The molecule has 4 heteroatoms. The van der Waals surface area contributed by atoms with Crippen molar-refractivity contribution in [2.24, 2.45) is 0 Å². The standard InChI is InChI=1S/C50H42Br2N2/c1-49(2,3)35-16-20-45-41(27-35)43-29-37(51)18-22-47(43)53(45)39-14-8-12-33(25-39)31-10-7-11-32(24-31)34-13-9-15-40(26-34)54-46-21-17-36(50(4,5)6)28-42(46)44-30-38(52)19-23-48(44)54/h7-30H,1-6H3. The Morgan fingerprint density at radius 2 is 0.685 bits per heavy atom. The summed E-state index contributed by atoms with van der Waals surface area (Å²) in [5.74, 6) is 0. The Balaban J connectivity index is 1.14. The minimum Gasteiger partial charge on any atom is -0.309 e. The molecule has 7 aromatic carbocycles. The van der Waals surface area contributed by atoms with E-state index in [1.54, 1.807) is 0 Å². The van der Waals surface area contributed by atoms with Gasteiger partial charge in [-0.1, -0.05) is 128 Å². The van der Waals surface area contributed by atoms with Crippen molar-refractivity contribution >= 4 is 75.5 Å². The largest absolute Gasteiger partial charge is 0.309 e. The minimum absolute atomic E-state index is 0.0656. The smallest absolute Gasteiger partial charge is 0.0541 e. The molecule has 0 aliphatic rings. The first kappa shape index (κ1) is 34.8. The van der Waals surface area contributed by atoms with Gasteiger partial charge in [-0.3, -0.25) is 0 Å². The maximum Gasteiger partial charge on any atom is 0.0541 e. The molecule has 0 unspecified atom stereocenters. The van der Waals surface area contributed by atoms with Crippen molar-refractivity contribution in [1.29, 1.82) is 0 Å². The highest BCUT2D eigenvalue weighted by atomic mass is 79.9. The molecule has 0 radical (unpaired) electrons. The predicted octanol–water partition coefficient (Wildman–Crippen LogP) is 15.3. The Morgan fingerprint density at radius 3 is 1.07 bits per heavy atom. The fraction of sp³-hybridized carbons (Fsp3) is 0.160. The maximum atomic E-state index is 3.75. The van der Waals surface area contributed by atoms with Gasteiger partial charge < -0.3 is 9.13 Å². The van der Waals surface area contributed by atoms with Crippen molar-refractivity contribution in [2.75, 3.05) is 0 Å². The van der Waals surface area contributed by atoms with Crippen LogP contribution in [0, 0.1) is 0 Å². The lowest BCUT2D eigenvalue weighted by molar-refractivity contribution is 0.591. The van der Waals surface area contributed by atoms with Crippen molar-refractivity contribution in [2.45, 2.75) is 52.4 Å². The second-order valence-electron chi connectivity index (χ2n) is 16.6. The van der Waals surface area contributed by atoms with Gasteiger partial charge in [0.1, 0.15) is 0 Å². The SMILES string of the molecule is CC(C)(C)c1ccc2c(c1)c1cc(Br)ccc1n2-c1cccc(-c2cccc(-c3cccc(-n4c5ccc(Br)cc5c5cc(C(C)(C)C)ccc54)c3)c2)c1. The van der Waals surface area contributed by atoms with Gasteiger partial charge in [-0.15, -0.1) is 0 Å². The molecule has 2 nitrogen and oxygen atoms in total. The number of rotatable bonds is 4. The van der Waals surface area contributed by atoms with Crippen LogP contribution in [-0.2, 0) is 10.8 Å². The molecule has 266 valence electrons. The van der Waals surface area contributed by atoms with Gasteiger partial charge in [0.15, 0.2) is 0 Å². The zero-order valence-corrected chi connectivity index (χ0v) is 34.7. The average Bonchev–Trinajstić information content (AvgIpc) is 3.65. The van der Waals surface area contributed by atoms with Crippen LogP contribution < -0.4 is 0 Å². The summed E-state index contributed by atoms with van der Waals surface area (Å²) in [6.45, 7) is 13.7. The number of halogens is 2. The van der Waals surface area contributed by atoms with E-state index < -0.39 is 0 Å². The number of hydrogen-bond donors (Lipinski definition) is 0. The molecule has 9 aromatic rings. The molecule has 0 spiro atoms. The number of aromatic nitrogens is 2. The molecule has 0 atom stereocenters. The number of fused-ring (bicyclic) bond motifs is 6. The van der Waals surface area contributed by atoms with Gasteiger partial charge in [0.2, 0.25) is 0 Å². The van der Waals surface area contributed by atoms with Gasteiger partial charge in [-0.05, 0) is 135 Å². The van der Waals surface area contributed by atoms with Crippen molar-refractivity contribution in [3.8, 4) is 33.6 Å². The summed E-state index contributed by atoms with van der Waals surface area (Å²) >= 11 is 7.49. The molecule has 2 aromatic heterocycles. The van der Waals surface area contributed by atoms with E-state index >= 15 is 0 Å². The van der Waals surface area contributed by atoms with Crippen molar-refractivity contribution in [3.63, 3.8) is 0 Å². The van der Waals surface area contributed by atoms with Crippen LogP contribution in [-0.4, -0.2) is 9.13 Å². The Morgan fingerprint density at radius 1 is 0.352 bits per heavy atom. The fourth-order valence-electron chi connectivity index (χ4n) is 8.01. The summed E-state index contributed by atoms with van der Waals surface area (Å²) in [6.07, 6.45) is 0. The molecular formula is C50H42Br2N2. The molecule has 0 saturated heterocycles. The topological polar surface area (TPSA) is 9.86 Å². The molecule has 2 heterocycles. The van der Waals surface area contributed by atoms with Gasteiger partial charge >= 0.3 is 0 Å². The zero-order valence-electron chi connectivity index (χ0n) is 31.5. The summed E-state index contributed by atoms with van der Waals surface area (Å²) < 4.78 is 7.00. The Hall–Kier alpha value is -4.90. The van der Waals surface area contributed by atoms with Crippen LogP contribution >= 0.6 is 31.9 Å². The third-order valence-electron chi connectivity index (χ3n) is 10.9. The highest BCUT2D eigenvalue weighted by Gasteiger charge is 2.20. The molecular weight excluding hydrogens is 788 g/mol. The van der Waals surface area contributed by atoms with Crippen LogP contribution in [0.3, 0.4) is 0 Å². The summed E-state index contributed by atoms with van der Waals surface area (Å²) in [4.78, 5) is 0. The lowest BCUT2D eigenvalue weighted by Gasteiger charge is -2.19. The van der Waals surface area contributed by atoms with E-state index in [0.717, 1.165) is 20.3 Å². The Labute approximate surface area is 334 Å². The lowest BCUT2D eigenvalue weighted by atomic mass is 9.86. The van der Waals surface area contributed by atoms with Gasteiger partial charge in [0.25, 0.3) is 0 Å². The first-order valence-corrected chi connectivity index (χ1v) is 20.2. The summed E-state index contributed by atoms with van der Waals surface area (Å²) in [5.41, 5.74) is 14.7. The molecule has 0 fully saturated rings. The van der Waals surface area contributed by atoms with E-state index in [1.807, 2.05) is 0 Å². The quantitative estimate of drug-likeness (QED) is 0.167. The minimum atomic E-state index is 0.0656. The van der Waals surface area contributed by atoms with Crippen LogP contribution in [0.4, 0.5) is 0 Å². The second-order valence-corrected chi connectivity index (χ2v) is 18.5. The monoisotopic (exact) mass is 828 g/mol. The van der Waals surface area contributed by atoms with E-state index in [2.05, 4.69) is 228 Å². The van der Waals surface area contributed by atoms with E-state index in [9.17, 15) is 0 Å². The van der Waals surface area contributed by atoms with Gasteiger partial charge in [-0.25, -0.2) is 0 Å². The van der Waals surface area contributed by atoms with Crippen LogP contribution in [0.2, 0.25) is 0 Å². The molecule has 0 saturated carbocycles. The Kier molecular flexibility index (Phi) is 8.30. The fourth-order valence-corrected chi connectivity index (χ4v) is 8.73.